The molecular weight excluding hydrogens is 321 g/mol. The van der Waals surface area contributed by atoms with Gasteiger partial charge >= 0.3 is 5.97 Å². The number of halogens is 1. The fourth-order valence-corrected chi connectivity index (χ4v) is 4.14. The van der Waals surface area contributed by atoms with E-state index in [2.05, 4.69) is 4.72 Å². The summed E-state index contributed by atoms with van der Waals surface area (Å²) < 4.78 is 41.1. The predicted molar refractivity (Wildman–Crippen MR) is 84.8 cm³/mol. The first-order chi connectivity index (χ1) is 10.6. The van der Waals surface area contributed by atoms with Crippen molar-refractivity contribution in [1.82, 2.24) is 0 Å². The third kappa shape index (κ3) is 3.34. The molecule has 122 valence electrons. The summed E-state index contributed by atoms with van der Waals surface area (Å²) in [7, 11) is -4.04. The maximum absolute atomic E-state index is 13.7. The van der Waals surface area contributed by atoms with Gasteiger partial charge in [-0.1, -0.05) is 23.8 Å². The topological polar surface area (TPSA) is 83.5 Å². The van der Waals surface area contributed by atoms with Crippen molar-refractivity contribution < 1.29 is 22.7 Å². The van der Waals surface area contributed by atoms with Crippen molar-refractivity contribution in [2.45, 2.75) is 25.7 Å². The zero-order chi connectivity index (χ0) is 17.4. The number of aryl methyl sites for hydroxylation is 3. The molecule has 0 aromatic heterocycles. The van der Waals surface area contributed by atoms with Crippen LogP contribution in [0.3, 0.4) is 0 Å². The van der Waals surface area contributed by atoms with Crippen molar-refractivity contribution in [2.75, 3.05) is 4.72 Å². The van der Waals surface area contributed by atoms with Gasteiger partial charge in [-0.25, -0.2) is 17.6 Å². The number of anilines is 1. The van der Waals surface area contributed by atoms with Crippen molar-refractivity contribution in [3.8, 4) is 0 Å². The molecule has 2 N–H and O–H groups in total. The molecule has 0 spiro atoms. The van der Waals surface area contributed by atoms with Gasteiger partial charge in [0, 0.05) is 0 Å². The Morgan fingerprint density at radius 2 is 1.70 bits per heavy atom. The highest BCUT2D eigenvalue weighted by Crippen LogP contribution is 2.26. The number of sulfonamides is 1. The number of benzene rings is 2. The Bertz CT molecular complexity index is 868. The first kappa shape index (κ1) is 17.0. The lowest BCUT2D eigenvalue weighted by molar-refractivity contribution is 0.0693. The average Bonchev–Trinajstić information content (AvgIpc) is 2.35. The quantitative estimate of drug-likeness (QED) is 0.897. The van der Waals surface area contributed by atoms with Gasteiger partial charge in [0.2, 0.25) is 0 Å². The molecule has 0 unspecified atom stereocenters. The van der Waals surface area contributed by atoms with Crippen LogP contribution in [0.5, 0.6) is 0 Å². The number of carboxylic acids is 1. The van der Waals surface area contributed by atoms with E-state index in [-0.39, 0.29) is 10.6 Å². The first-order valence-electron chi connectivity index (χ1n) is 6.76. The molecule has 5 nitrogen and oxygen atoms in total. The monoisotopic (exact) mass is 337 g/mol. The van der Waals surface area contributed by atoms with Crippen molar-refractivity contribution in [3.63, 3.8) is 0 Å². The first-order valence-corrected chi connectivity index (χ1v) is 8.24. The number of hydrogen-bond acceptors (Lipinski definition) is 3. The van der Waals surface area contributed by atoms with Crippen molar-refractivity contribution in [1.29, 1.82) is 0 Å². The maximum atomic E-state index is 13.7. The Morgan fingerprint density at radius 1 is 1.13 bits per heavy atom. The summed E-state index contributed by atoms with van der Waals surface area (Å²) in [5.41, 5.74) is 0.956. The number of aromatic carboxylic acids is 1. The van der Waals surface area contributed by atoms with Gasteiger partial charge < -0.3 is 5.11 Å². The molecule has 2 aromatic rings. The lowest BCUT2D eigenvalue weighted by atomic mass is 10.1. The largest absolute Gasteiger partial charge is 0.478 e. The molecule has 0 saturated heterocycles. The molecule has 0 aliphatic carbocycles. The summed E-state index contributed by atoms with van der Waals surface area (Å²) in [6.45, 7) is 5.15. The molecule has 0 aliphatic heterocycles. The zero-order valence-corrected chi connectivity index (χ0v) is 13.7. The van der Waals surface area contributed by atoms with Crippen LogP contribution < -0.4 is 4.72 Å². The van der Waals surface area contributed by atoms with E-state index >= 15 is 0 Å². The normalized spacial score (nSPS) is 11.3. The summed E-state index contributed by atoms with van der Waals surface area (Å²) in [5.74, 6) is -2.55. The van der Waals surface area contributed by atoms with Gasteiger partial charge in [-0.05, 0) is 44.0 Å². The van der Waals surface area contributed by atoms with Crippen LogP contribution in [0, 0.1) is 26.6 Å². The van der Waals surface area contributed by atoms with Gasteiger partial charge in [-0.2, -0.15) is 0 Å². The summed E-state index contributed by atoms with van der Waals surface area (Å²) in [4.78, 5) is 11.2. The van der Waals surface area contributed by atoms with E-state index < -0.39 is 27.4 Å². The van der Waals surface area contributed by atoms with Gasteiger partial charge in [0.25, 0.3) is 10.0 Å². The number of rotatable bonds is 4. The number of carbonyl (C=O) groups is 1. The SMILES string of the molecule is Cc1cc(C)c(S(=O)(=O)Nc2cccc(F)c2C(=O)O)c(C)c1. The predicted octanol–water partition coefficient (Wildman–Crippen LogP) is 3.25. The lowest BCUT2D eigenvalue weighted by Gasteiger charge is -2.15. The Labute approximate surface area is 133 Å². The molecule has 0 radical (unpaired) electrons. The van der Waals surface area contributed by atoms with Crippen molar-refractivity contribution in [2.24, 2.45) is 0 Å². The van der Waals surface area contributed by atoms with Gasteiger partial charge in [0.1, 0.15) is 11.4 Å². The lowest BCUT2D eigenvalue weighted by Crippen LogP contribution is -2.18. The molecule has 2 rings (SSSR count). The highest BCUT2D eigenvalue weighted by molar-refractivity contribution is 7.92. The Kier molecular flexibility index (Phi) is 4.42. The second-order valence-electron chi connectivity index (χ2n) is 5.30. The average molecular weight is 337 g/mol. The van der Waals surface area contributed by atoms with Gasteiger partial charge in [0.05, 0.1) is 10.6 Å². The van der Waals surface area contributed by atoms with Crippen LogP contribution in [-0.2, 0) is 10.0 Å². The summed E-state index contributed by atoms with van der Waals surface area (Å²) in [5, 5.41) is 9.08. The van der Waals surface area contributed by atoms with E-state index in [1.807, 2.05) is 6.92 Å². The number of hydrogen-bond donors (Lipinski definition) is 2. The number of nitrogens with one attached hydrogen (secondary N) is 1. The van der Waals surface area contributed by atoms with E-state index in [0.717, 1.165) is 11.6 Å². The molecule has 0 saturated carbocycles. The molecule has 0 atom stereocenters. The molecule has 2 aromatic carbocycles. The van der Waals surface area contributed by atoms with Crippen LogP contribution in [-0.4, -0.2) is 19.5 Å². The molecule has 0 bridgehead atoms. The summed E-state index contributed by atoms with van der Waals surface area (Å²) in [6, 6.07) is 6.84. The van der Waals surface area contributed by atoms with Crippen LogP contribution in [0.1, 0.15) is 27.0 Å². The van der Waals surface area contributed by atoms with E-state index in [1.165, 1.54) is 12.1 Å². The van der Waals surface area contributed by atoms with Crippen LogP contribution in [0.25, 0.3) is 0 Å². The minimum absolute atomic E-state index is 0.0590. The minimum atomic E-state index is -4.04. The fourth-order valence-electron chi connectivity index (χ4n) is 2.61. The standard InChI is InChI=1S/C16H16FNO4S/c1-9-7-10(2)15(11(3)8-9)23(21,22)18-13-6-4-5-12(17)14(13)16(19)20/h4-8,18H,1-3H3,(H,19,20). The van der Waals surface area contributed by atoms with Crippen LogP contribution in [0.2, 0.25) is 0 Å². The zero-order valence-electron chi connectivity index (χ0n) is 12.8. The number of carboxylic acid groups (broad SMARTS) is 1. The maximum Gasteiger partial charge on any atom is 0.340 e. The Morgan fingerprint density at radius 3 is 2.22 bits per heavy atom. The highest BCUT2D eigenvalue weighted by atomic mass is 32.2. The molecule has 0 heterocycles. The van der Waals surface area contributed by atoms with Gasteiger partial charge in [-0.3, -0.25) is 4.72 Å². The summed E-state index contributed by atoms with van der Waals surface area (Å²) >= 11 is 0. The smallest absolute Gasteiger partial charge is 0.340 e. The van der Waals surface area contributed by atoms with Crippen LogP contribution in [0.15, 0.2) is 35.2 Å². The van der Waals surface area contributed by atoms with Crippen LogP contribution >= 0.6 is 0 Å². The fraction of sp³-hybridized carbons (Fsp3) is 0.188. The molecule has 0 aliphatic rings. The second kappa shape index (κ2) is 6.00. The molecule has 0 fully saturated rings. The van der Waals surface area contributed by atoms with E-state index in [4.69, 9.17) is 5.11 Å². The molecule has 7 heteroatoms. The Balaban J connectivity index is 2.57. The van der Waals surface area contributed by atoms with E-state index in [9.17, 15) is 17.6 Å². The summed E-state index contributed by atoms with van der Waals surface area (Å²) in [6.07, 6.45) is 0. The second-order valence-corrected chi connectivity index (χ2v) is 6.92. The minimum Gasteiger partial charge on any atom is -0.478 e. The van der Waals surface area contributed by atoms with Gasteiger partial charge in [-0.15, -0.1) is 0 Å². The third-order valence-electron chi connectivity index (χ3n) is 3.35. The Hall–Kier alpha value is -2.41. The van der Waals surface area contributed by atoms with Crippen molar-refractivity contribution >= 4 is 21.7 Å². The third-order valence-corrected chi connectivity index (χ3v) is 5.02. The van der Waals surface area contributed by atoms with E-state index in [1.54, 1.807) is 26.0 Å². The molecular formula is C16H16FNO4S. The molecule has 0 amide bonds. The van der Waals surface area contributed by atoms with Gasteiger partial charge in [0.15, 0.2) is 0 Å². The molecule has 23 heavy (non-hydrogen) atoms. The van der Waals surface area contributed by atoms with Crippen LogP contribution in [0.4, 0.5) is 10.1 Å². The van der Waals surface area contributed by atoms with Crippen molar-refractivity contribution in [3.05, 3.63) is 58.4 Å². The van der Waals surface area contributed by atoms with E-state index in [0.29, 0.717) is 11.1 Å². The highest BCUT2D eigenvalue weighted by Gasteiger charge is 2.24.